The Morgan fingerprint density at radius 1 is 1.23 bits per heavy atom. The van der Waals surface area contributed by atoms with Crippen molar-refractivity contribution in [1.29, 1.82) is 5.26 Å². The number of hydrogen-bond donors (Lipinski definition) is 0. The molecular weight excluding hydrogens is 513 g/mol. The Bertz CT molecular complexity index is 1590. The lowest BCUT2D eigenvalue weighted by molar-refractivity contribution is -0.137. The number of pyridine rings is 1. The summed E-state index contributed by atoms with van der Waals surface area (Å²) in [6.45, 7) is 1.22. The SMILES string of the molecule is N#Cc1ccc2ncn(C[C@H]3CCCC4(C3)CN(Cc3cn(-c5cncc(C(F)(F)F)c5)nn3)C(=O)O4)c2c1. The molecule has 1 aliphatic heterocycles. The average molecular weight is 537 g/mol. The predicted molar refractivity (Wildman–Crippen MR) is 130 cm³/mol. The third-order valence-electron chi connectivity index (χ3n) is 7.36. The van der Waals surface area contributed by atoms with E-state index in [2.05, 4.69) is 30.9 Å². The molecule has 2 fully saturated rings. The molecule has 1 aliphatic carbocycles. The van der Waals surface area contributed by atoms with Gasteiger partial charge in [-0.15, -0.1) is 5.10 Å². The Balaban J connectivity index is 1.13. The van der Waals surface area contributed by atoms with E-state index >= 15 is 0 Å². The lowest BCUT2D eigenvalue weighted by Gasteiger charge is -2.36. The van der Waals surface area contributed by atoms with Gasteiger partial charge in [-0.3, -0.25) is 9.88 Å². The maximum absolute atomic E-state index is 13.0. The minimum atomic E-state index is -4.53. The van der Waals surface area contributed by atoms with Gasteiger partial charge in [0.1, 0.15) is 11.3 Å². The molecule has 1 unspecified atom stereocenters. The van der Waals surface area contributed by atoms with Crippen LogP contribution >= 0.6 is 0 Å². The van der Waals surface area contributed by atoms with E-state index in [1.54, 1.807) is 17.3 Å². The molecule has 0 bridgehead atoms. The van der Waals surface area contributed by atoms with E-state index in [1.165, 1.54) is 17.1 Å². The summed E-state index contributed by atoms with van der Waals surface area (Å²) < 4.78 is 48.3. The zero-order valence-corrected chi connectivity index (χ0v) is 20.7. The van der Waals surface area contributed by atoms with E-state index in [-0.39, 0.29) is 18.2 Å². The molecule has 4 aromatic rings. The normalized spacial score (nSPS) is 21.4. The average Bonchev–Trinajstić information content (AvgIpc) is 3.62. The van der Waals surface area contributed by atoms with Crippen molar-refractivity contribution >= 4 is 17.1 Å². The fraction of sp³-hybridized carbons (Fsp3) is 0.385. The molecule has 0 radical (unpaired) electrons. The van der Waals surface area contributed by atoms with Gasteiger partial charge in [-0.05, 0) is 55.9 Å². The first-order valence-electron chi connectivity index (χ1n) is 12.5. The van der Waals surface area contributed by atoms with Crippen molar-refractivity contribution in [3.63, 3.8) is 0 Å². The Labute approximate surface area is 220 Å². The number of benzene rings is 1. The van der Waals surface area contributed by atoms with Gasteiger partial charge < -0.3 is 9.30 Å². The minimum absolute atomic E-state index is 0.119. The largest absolute Gasteiger partial charge is 0.441 e. The van der Waals surface area contributed by atoms with Crippen molar-refractivity contribution in [2.75, 3.05) is 6.54 Å². The second-order valence-corrected chi connectivity index (χ2v) is 10.2. The summed E-state index contributed by atoms with van der Waals surface area (Å²) in [4.78, 5) is 22.5. The molecule has 200 valence electrons. The van der Waals surface area contributed by atoms with E-state index in [1.807, 2.05) is 12.1 Å². The molecular formula is C26H23F3N8O2. The summed E-state index contributed by atoms with van der Waals surface area (Å²) in [6.07, 6.45) is 3.63. The number of imidazole rings is 1. The summed E-state index contributed by atoms with van der Waals surface area (Å²) in [7, 11) is 0. The summed E-state index contributed by atoms with van der Waals surface area (Å²) in [5, 5.41) is 17.2. The number of amides is 1. The number of halogens is 3. The first-order chi connectivity index (χ1) is 18.7. The Hall–Kier alpha value is -4.47. The molecule has 2 atom stereocenters. The highest BCUT2D eigenvalue weighted by Crippen LogP contribution is 2.41. The van der Waals surface area contributed by atoms with E-state index in [4.69, 9.17) is 4.74 Å². The van der Waals surface area contributed by atoms with Crippen LogP contribution in [0.4, 0.5) is 18.0 Å². The fourth-order valence-corrected chi connectivity index (χ4v) is 5.60. The highest BCUT2D eigenvalue weighted by Gasteiger charge is 2.48. The summed E-state index contributed by atoms with van der Waals surface area (Å²) in [5.74, 6) is 0.254. The third-order valence-corrected chi connectivity index (χ3v) is 7.36. The van der Waals surface area contributed by atoms with Gasteiger partial charge in [0.05, 0.1) is 65.7 Å². The van der Waals surface area contributed by atoms with Crippen molar-refractivity contribution in [2.45, 2.75) is 50.6 Å². The molecule has 2 aliphatic rings. The van der Waals surface area contributed by atoms with Gasteiger partial charge in [-0.25, -0.2) is 14.5 Å². The fourth-order valence-electron chi connectivity index (χ4n) is 5.60. The number of fused-ring (bicyclic) bond motifs is 1. The molecule has 0 N–H and O–H groups in total. The van der Waals surface area contributed by atoms with Crippen molar-refractivity contribution in [3.8, 4) is 11.8 Å². The maximum atomic E-state index is 13.0. The monoisotopic (exact) mass is 536 g/mol. The third kappa shape index (κ3) is 4.89. The second-order valence-electron chi connectivity index (χ2n) is 10.2. The van der Waals surface area contributed by atoms with Crippen molar-refractivity contribution < 1.29 is 22.7 Å². The Morgan fingerprint density at radius 3 is 2.92 bits per heavy atom. The standard InChI is InChI=1S/C26H23F3N8O2/c27-26(28,29)19-7-21(11-31-10-19)37-14-20(33-34-37)13-35-15-25(39-24(35)38)5-1-2-18(8-25)12-36-16-32-22-4-3-17(9-30)6-23(22)36/h3-4,6-7,10-11,14,16,18H,1-2,5,8,12-13,15H2/t18-,25?/m0/s1. The second kappa shape index (κ2) is 9.37. The molecule has 1 saturated heterocycles. The van der Waals surface area contributed by atoms with Crippen LogP contribution in [0, 0.1) is 17.2 Å². The molecule has 1 amide bonds. The number of hydrogen-bond acceptors (Lipinski definition) is 7. The van der Waals surface area contributed by atoms with E-state index in [9.17, 15) is 23.2 Å². The minimum Gasteiger partial charge on any atom is -0.441 e. The predicted octanol–water partition coefficient (Wildman–Crippen LogP) is 4.48. The quantitative estimate of drug-likeness (QED) is 0.369. The van der Waals surface area contributed by atoms with E-state index in [0.29, 0.717) is 30.8 Å². The number of rotatable bonds is 5. The van der Waals surface area contributed by atoms with Crippen molar-refractivity contribution in [2.24, 2.45) is 5.92 Å². The van der Waals surface area contributed by atoms with Crippen LogP contribution < -0.4 is 0 Å². The molecule has 4 heterocycles. The van der Waals surface area contributed by atoms with Crippen LogP contribution in [-0.4, -0.2) is 52.7 Å². The van der Waals surface area contributed by atoms with Crippen LogP contribution in [0.5, 0.6) is 0 Å². The topological polar surface area (TPSA) is 115 Å². The maximum Gasteiger partial charge on any atom is 0.417 e. The summed E-state index contributed by atoms with van der Waals surface area (Å²) in [6, 6.07) is 8.52. The van der Waals surface area contributed by atoms with Gasteiger partial charge in [0.2, 0.25) is 0 Å². The molecule has 1 aromatic carbocycles. The van der Waals surface area contributed by atoms with Gasteiger partial charge in [0.25, 0.3) is 0 Å². The lowest BCUT2D eigenvalue weighted by Crippen LogP contribution is -2.40. The van der Waals surface area contributed by atoms with Gasteiger partial charge in [0.15, 0.2) is 0 Å². The van der Waals surface area contributed by atoms with Gasteiger partial charge in [-0.1, -0.05) is 5.21 Å². The van der Waals surface area contributed by atoms with E-state index < -0.39 is 23.4 Å². The first kappa shape index (κ1) is 24.8. The molecule has 6 rings (SSSR count). The zero-order valence-electron chi connectivity index (χ0n) is 20.7. The van der Waals surface area contributed by atoms with Gasteiger partial charge in [-0.2, -0.15) is 18.4 Å². The lowest BCUT2D eigenvalue weighted by atomic mass is 9.78. The zero-order chi connectivity index (χ0) is 27.2. The molecule has 3 aromatic heterocycles. The molecule has 10 nitrogen and oxygen atoms in total. The Kier molecular flexibility index (Phi) is 5.97. The number of aromatic nitrogens is 6. The number of carbonyl (C=O) groups excluding carboxylic acids is 1. The number of nitriles is 1. The Morgan fingerprint density at radius 2 is 2.10 bits per heavy atom. The van der Waals surface area contributed by atoms with Crippen LogP contribution in [0.25, 0.3) is 16.7 Å². The molecule has 1 saturated carbocycles. The van der Waals surface area contributed by atoms with Crippen LogP contribution in [-0.2, 0) is 24.0 Å². The first-order valence-corrected chi connectivity index (χ1v) is 12.5. The molecule has 39 heavy (non-hydrogen) atoms. The highest BCUT2D eigenvalue weighted by molar-refractivity contribution is 5.77. The van der Waals surface area contributed by atoms with Crippen molar-refractivity contribution in [1.82, 2.24) is 34.4 Å². The smallest absolute Gasteiger partial charge is 0.417 e. The number of nitrogens with zero attached hydrogens (tertiary/aromatic N) is 8. The summed E-state index contributed by atoms with van der Waals surface area (Å²) in [5.41, 5.74) is 1.34. The van der Waals surface area contributed by atoms with Crippen LogP contribution in [0.2, 0.25) is 0 Å². The number of alkyl halides is 3. The molecule has 13 heteroatoms. The molecule has 1 spiro atoms. The van der Waals surface area contributed by atoms with E-state index in [0.717, 1.165) is 42.6 Å². The number of ether oxygens (including phenoxy) is 1. The van der Waals surface area contributed by atoms with Gasteiger partial charge >= 0.3 is 12.3 Å². The van der Waals surface area contributed by atoms with Crippen LogP contribution in [0.15, 0.2) is 49.2 Å². The highest BCUT2D eigenvalue weighted by atomic mass is 19.4. The van der Waals surface area contributed by atoms with Gasteiger partial charge in [0, 0.05) is 12.7 Å². The summed E-state index contributed by atoms with van der Waals surface area (Å²) >= 11 is 0. The van der Waals surface area contributed by atoms with Crippen LogP contribution in [0.3, 0.4) is 0 Å². The number of carbonyl (C=O) groups is 1. The van der Waals surface area contributed by atoms with Crippen molar-refractivity contribution in [3.05, 3.63) is 66.0 Å². The van der Waals surface area contributed by atoms with Crippen LogP contribution in [0.1, 0.15) is 42.5 Å².